The van der Waals surface area contributed by atoms with Crippen LogP contribution in [0.15, 0.2) is 36.4 Å². The number of rotatable bonds is 9. The van der Waals surface area contributed by atoms with Crippen LogP contribution in [0.3, 0.4) is 0 Å². The summed E-state index contributed by atoms with van der Waals surface area (Å²) in [5.41, 5.74) is 0.640. The van der Waals surface area contributed by atoms with Crippen molar-refractivity contribution in [3.63, 3.8) is 0 Å². The second kappa shape index (κ2) is 11.6. The maximum Gasteiger partial charge on any atom is 0.244 e. The highest BCUT2D eigenvalue weighted by atomic mass is 35.5. The molecule has 7 nitrogen and oxygen atoms in total. The summed E-state index contributed by atoms with van der Waals surface area (Å²) < 4.78 is 26.0. The van der Waals surface area contributed by atoms with Crippen molar-refractivity contribution in [1.29, 1.82) is 0 Å². The van der Waals surface area contributed by atoms with Crippen LogP contribution < -0.4 is 9.62 Å². The molecule has 2 aromatic carbocycles. The van der Waals surface area contributed by atoms with E-state index in [4.69, 9.17) is 46.4 Å². The van der Waals surface area contributed by atoms with Crippen molar-refractivity contribution in [2.45, 2.75) is 25.9 Å². The van der Waals surface area contributed by atoms with Crippen molar-refractivity contribution in [3.05, 3.63) is 62.1 Å². The first kappa shape index (κ1) is 27.5. The van der Waals surface area contributed by atoms with Crippen LogP contribution in [-0.2, 0) is 26.2 Å². The Balaban J connectivity index is 2.49. The smallest absolute Gasteiger partial charge is 0.244 e. The van der Waals surface area contributed by atoms with Gasteiger partial charge in [0.25, 0.3) is 0 Å². The van der Waals surface area contributed by atoms with Gasteiger partial charge in [-0.15, -0.1) is 0 Å². The van der Waals surface area contributed by atoms with Crippen molar-refractivity contribution in [2.75, 3.05) is 24.2 Å². The molecule has 1 atom stereocenters. The molecule has 2 aromatic rings. The minimum absolute atomic E-state index is 0.0350. The second-order valence-electron chi connectivity index (χ2n) is 7.16. The molecule has 0 heterocycles. The van der Waals surface area contributed by atoms with Gasteiger partial charge in [-0.25, -0.2) is 8.42 Å². The molecule has 0 aliphatic carbocycles. The highest BCUT2D eigenvalue weighted by Crippen LogP contribution is 2.31. The van der Waals surface area contributed by atoms with Gasteiger partial charge in [-0.3, -0.25) is 13.9 Å². The van der Waals surface area contributed by atoms with Crippen molar-refractivity contribution < 1.29 is 18.0 Å². The van der Waals surface area contributed by atoms with Crippen LogP contribution in [0.1, 0.15) is 18.9 Å². The SMILES string of the molecule is CC[C@@H](C(=O)NC)N(Cc1ccc(Cl)cc1Cl)C(=O)CN(c1ccc(Cl)cc1Cl)S(C)(=O)=O. The minimum Gasteiger partial charge on any atom is -0.357 e. The summed E-state index contributed by atoms with van der Waals surface area (Å²) in [5.74, 6) is -1.01. The van der Waals surface area contributed by atoms with E-state index in [1.165, 1.54) is 36.2 Å². The number of sulfonamides is 1. The summed E-state index contributed by atoms with van der Waals surface area (Å²) in [5, 5.41) is 3.64. The zero-order valence-corrected chi connectivity index (χ0v) is 22.0. The normalized spacial score (nSPS) is 12.2. The van der Waals surface area contributed by atoms with Gasteiger partial charge in [-0.2, -0.15) is 0 Å². The molecule has 12 heteroatoms. The van der Waals surface area contributed by atoms with Crippen LogP contribution in [0.2, 0.25) is 20.1 Å². The molecule has 0 radical (unpaired) electrons. The molecule has 0 aliphatic rings. The summed E-state index contributed by atoms with van der Waals surface area (Å²) in [4.78, 5) is 27.3. The Labute approximate surface area is 213 Å². The number of likely N-dealkylation sites (N-methyl/N-ethyl adjacent to an activating group) is 1. The van der Waals surface area contributed by atoms with E-state index in [9.17, 15) is 18.0 Å². The summed E-state index contributed by atoms with van der Waals surface area (Å²) in [6.45, 7) is 1.12. The van der Waals surface area contributed by atoms with Crippen molar-refractivity contribution >= 4 is 73.9 Å². The molecule has 0 aliphatic heterocycles. The van der Waals surface area contributed by atoms with E-state index in [0.29, 0.717) is 20.6 Å². The van der Waals surface area contributed by atoms with E-state index >= 15 is 0 Å². The summed E-state index contributed by atoms with van der Waals surface area (Å²) in [6, 6.07) is 8.18. The largest absolute Gasteiger partial charge is 0.357 e. The fourth-order valence-corrected chi connectivity index (χ4v) is 5.09. The average Bonchev–Trinajstić information content (AvgIpc) is 2.72. The van der Waals surface area contributed by atoms with Crippen LogP contribution in [-0.4, -0.2) is 51.0 Å². The van der Waals surface area contributed by atoms with Crippen LogP contribution in [0.25, 0.3) is 0 Å². The van der Waals surface area contributed by atoms with Gasteiger partial charge in [0.05, 0.1) is 17.0 Å². The van der Waals surface area contributed by atoms with E-state index in [1.807, 2.05) is 0 Å². The van der Waals surface area contributed by atoms with Crippen molar-refractivity contribution in [3.8, 4) is 0 Å². The number of hydrogen-bond acceptors (Lipinski definition) is 4. The maximum absolute atomic E-state index is 13.5. The lowest BCUT2D eigenvalue weighted by molar-refractivity contribution is -0.140. The van der Waals surface area contributed by atoms with Crippen LogP contribution in [0.5, 0.6) is 0 Å². The van der Waals surface area contributed by atoms with E-state index in [1.54, 1.807) is 19.1 Å². The predicted molar refractivity (Wildman–Crippen MR) is 134 cm³/mol. The molecular formula is C21H23Cl4N3O4S. The third-order valence-corrected chi connectivity index (χ3v) is 7.10. The van der Waals surface area contributed by atoms with Crippen molar-refractivity contribution in [2.24, 2.45) is 0 Å². The molecule has 0 saturated heterocycles. The number of nitrogens with zero attached hydrogens (tertiary/aromatic N) is 2. The number of halogens is 4. The first-order valence-corrected chi connectivity index (χ1v) is 13.1. The molecule has 1 N–H and O–H groups in total. The number of amides is 2. The zero-order valence-electron chi connectivity index (χ0n) is 18.1. The maximum atomic E-state index is 13.5. The Hall–Kier alpha value is -1.71. The lowest BCUT2D eigenvalue weighted by atomic mass is 10.1. The van der Waals surface area contributed by atoms with E-state index in [-0.39, 0.29) is 23.7 Å². The number of benzene rings is 2. The standard InChI is InChI=1S/C21H23Cl4N3O4S/c1-4-18(21(30)26-2)27(11-13-5-6-14(22)9-16(13)24)20(29)12-28(33(3,31)32)19-8-7-15(23)10-17(19)25/h5-10,18H,4,11-12H2,1-3H3,(H,26,30)/t18-/m0/s1. The molecule has 0 unspecified atom stereocenters. The minimum atomic E-state index is -3.91. The van der Waals surface area contributed by atoms with Gasteiger partial charge in [0.15, 0.2) is 0 Å². The van der Waals surface area contributed by atoms with Crippen LogP contribution >= 0.6 is 46.4 Å². The summed E-state index contributed by atoms with van der Waals surface area (Å²) in [7, 11) is -2.45. The molecule has 2 amide bonds. The van der Waals surface area contributed by atoms with E-state index < -0.39 is 34.4 Å². The predicted octanol–water partition coefficient (Wildman–Crippen LogP) is 4.62. The Bertz CT molecular complexity index is 1140. The van der Waals surface area contributed by atoms with Crippen molar-refractivity contribution in [1.82, 2.24) is 10.2 Å². The Kier molecular flexibility index (Phi) is 9.70. The lowest BCUT2D eigenvalue weighted by Crippen LogP contribution is -2.51. The Morgan fingerprint density at radius 1 is 1.00 bits per heavy atom. The van der Waals surface area contributed by atoms with Gasteiger partial charge < -0.3 is 10.2 Å². The molecule has 180 valence electrons. The molecule has 0 aromatic heterocycles. The van der Waals surface area contributed by atoms with E-state index in [2.05, 4.69) is 5.32 Å². The molecule has 0 spiro atoms. The number of anilines is 1. The second-order valence-corrected chi connectivity index (χ2v) is 10.8. The first-order chi connectivity index (χ1) is 15.4. The molecule has 0 fully saturated rings. The number of carbonyl (C=O) groups is 2. The topological polar surface area (TPSA) is 86.8 Å². The van der Waals surface area contributed by atoms with Gasteiger partial charge in [-0.05, 0) is 42.3 Å². The molecule has 33 heavy (non-hydrogen) atoms. The summed E-state index contributed by atoms with van der Waals surface area (Å²) in [6.07, 6.45) is 1.25. The third-order valence-electron chi connectivity index (χ3n) is 4.85. The highest BCUT2D eigenvalue weighted by molar-refractivity contribution is 7.92. The highest BCUT2D eigenvalue weighted by Gasteiger charge is 2.32. The van der Waals surface area contributed by atoms with E-state index in [0.717, 1.165) is 10.6 Å². The Morgan fingerprint density at radius 2 is 1.58 bits per heavy atom. The van der Waals surface area contributed by atoms with Gasteiger partial charge >= 0.3 is 0 Å². The van der Waals surface area contributed by atoms with Gasteiger partial charge in [-0.1, -0.05) is 59.4 Å². The molecule has 0 bridgehead atoms. The summed E-state index contributed by atoms with van der Waals surface area (Å²) >= 11 is 24.4. The molecule has 2 rings (SSSR count). The average molecular weight is 555 g/mol. The van der Waals surface area contributed by atoms with Gasteiger partial charge in [0, 0.05) is 28.7 Å². The van der Waals surface area contributed by atoms with Gasteiger partial charge in [0.2, 0.25) is 21.8 Å². The van der Waals surface area contributed by atoms with Gasteiger partial charge in [0.1, 0.15) is 12.6 Å². The third kappa shape index (κ3) is 7.13. The van der Waals surface area contributed by atoms with Crippen LogP contribution in [0, 0.1) is 0 Å². The lowest BCUT2D eigenvalue weighted by Gasteiger charge is -2.33. The quantitative estimate of drug-likeness (QED) is 0.490. The fraction of sp³-hybridized carbons (Fsp3) is 0.333. The van der Waals surface area contributed by atoms with Crippen LogP contribution in [0.4, 0.5) is 5.69 Å². The Morgan fingerprint density at radius 3 is 2.06 bits per heavy atom. The molecule has 0 saturated carbocycles. The zero-order chi connectivity index (χ0) is 24.9. The molecular weight excluding hydrogens is 532 g/mol. The monoisotopic (exact) mass is 553 g/mol. The number of nitrogens with one attached hydrogen (secondary N) is 1. The first-order valence-electron chi connectivity index (χ1n) is 9.76. The number of carbonyl (C=O) groups excluding carboxylic acids is 2. The number of hydrogen-bond donors (Lipinski definition) is 1. The fourth-order valence-electron chi connectivity index (χ4n) is 3.20.